The summed E-state index contributed by atoms with van der Waals surface area (Å²) in [7, 11) is 0. The molecule has 0 radical (unpaired) electrons. The molecule has 2 heterocycles. The molecule has 0 saturated heterocycles. The molecular formula is C17H15N3O2. The van der Waals surface area contributed by atoms with Crippen molar-refractivity contribution in [1.82, 2.24) is 9.97 Å². The van der Waals surface area contributed by atoms with Gasteiger partial charge >= 0.3 is 0 Å². The molecule has 0 aliphatic rings. The van der Waals surface area contributed by atoms with Crippen LogP contribution in [0, 0.1) is 13.8 Å². The van der Waals surface area contributed by atoms with Crippen LogP contribution < -0.4 is 10.9 Å². The Labute approximate surface area is 127 Å². The van der Waals surface area contributed by atoms with Gasteiger partial charge in [-0.2, -0.15) is 0 Å². The molecular weight excluding hydrogens is 278 g/mol. The number of carbonyl (C=O) groups is 1. The van der Waals surface area contributed by atoms with E-state index in [0.717, 1.165) is 16.8 Å². The summed E-state index contributed by atoms with van der Waals surface area (Å²) in [5, 5.41) is 3.54. The molecule has 0 spiro atoms. The van der Waals surface area contributed by atoms with Crippen LogP contribution in [0.15, 0.2) is 47.4 Å². The van der Waals surface area contributed by atoms with Crippen LogP contribution in [-0.4, -0.2) is 15.9 Å². The molecule has 0 saturated carbocycles. The lowest BCUT2D eigenvalue weighted by atomic mass is 10.1. The van der Waals surface area contributed by atoms with Gasteiger partial charge < -0.3 is 10.3 Å². The smallest absolute Gasteiger partial charge is 0.262 e. The van der Waals surface area contributed by atoms with Crippen LogP contribution in [0.1, 0.15) is 21.5 Å². The number of aromatic amines is 1. The minimum Gasteiger partial charge on any atom is -0.321 e. The molecule has 3 rings (SSSR count). The summed E-state index contributed by atoms with van der Waals surface area (Å²) in [6.07, 6.45) is 1.59. The van der Waals surface area contributed by atoms with Crippen LogP contribution in [0.5, 0.6) is 0 Å². The molecule has 0 atom stereocenters. The van der Waals surface area contributed by atoms with E-state index < -0.39 is 11.5 Å². The summed E-state index contributed by atoms with van der Waals surface area (Å²) in [4.78, 5) is 31.2. The first kappa shape index (κ1) is 14.0. The number of aromatic nitrogens is 2. The average molecular weight is 293 g/mol. The molecule has 5 nitrogen and oxygen atoms in total. The standard InChI is InChI=1S/C17H15N3O2/c1-10-5-3-6-11(2)14(10)19-16(21)13-9-12-7-4-8-18-15(12)20-17(13)22/h3-9H,1-2H3,(H,19,21)(H,18,20,22). The van der Waals surface area contributed by atoms with Crippen molar-refractivity contribution in [2.75, 3.05) is 5.32 Å². The fourth-order valence-corrected chi connectivity index (χ4v) is 2.40. The van der Waals surface area contributed by atoms with Gasteiger partial charge in [0.1, 0.15) is 11.2 Å². The largest absolute Gasteiger partial charge is 0.321 e. The van der Waals surface area contributed by atoms with Crippen LogP contribution in [-0.2, 0) is 0 Å². The molecule has 0 bridgehead atoms. The van der Waals surface area contributed by atoms with Crippen molar-refractivity contribution < 1.29 is 4.79 Å². The van der Waals surface area contributed by atoms with E-state index in [1.165, 1.54) is 0 Å². The maximum Gasteiger partial charge on any atom is 0.262 e. The zero-order valence-corrected chi connectivity index (χ0v) is 12.3. The lowest BCUT2D eigenvalue weighted by Gasteiger charge is -2.11. The molecule has 2 N–H and O–H groups in total. The molecule has 0 fully saturated rings. The second-order valence-corrected chi connectivity index (χ2v) is 5.17. The van der Waals surface area contributed by atoms with Gasteiger partial charge in [0.2, 0.25) is 0 Å². The summed E-state index contributed by atoms with van der Waals surface area (Å²) in [6, 6.07) is 10.9. The second-order valence-electron chi connectivity index (χ2n) is 5.17. The van der Waals surface area contributed by atoms with Gasteiger partial charge in [0, 0.05) is 17.3 Å². The minimum absolute atomic E-state index is 0.0724. The van der Waals surface area contributed by atoms with E-state index in [0.29, 0.717) is 11.0 Å². The molecule has 0 unspecified atom stereocenters. The fraction of sp³-hybridized carbons (Fsp3) is 0.118. The summed E-state index contributed by atoms with van der Waals surface area (Å²) in [5.74, 6) is -0.426. The second kappa shape index (κ2) is 5.44. The van der Waals surface area contributed by atoms with Crippen molar-refractivity contribution in [2.24, 2.45) is 0 Å². The van der Waals surface area contributed by atoms with Crippen molar-refractivity contribution in [3.8, 4) is 0 Å². The Kier molecular flexibility index (Phi) is 3.47. The van der Waals surface area contributed by atoms with Gasteiger partial charge in [0.25, 0.3) is 11.5 Å². The van der Waals surface area contributed by atoms with Gasteiger partial charge in [0.05, 0.1) is 0 Å². The lowest BCUT2D eigenvalue weighted by Crippen LogP contribution is -2.23. The quantitative estimate of drug-likeness (QED) is 0.763. The van der Waals surface area contributed by atoms with Crippen molar-refractivity contribution in [3.05, 3.63) is 69.6 Å². The number of carbonyl (C=O) groups excluding carboxylic acids is 1. The number of rotatable bonds is 2. The third-order valence-corrected chi connectivity index (χ3v) is 3.58. The molecule has 3 aromatic rings. The molecule has 110 valence electrons. The van der Waals surface area contributed by atoms with Crippen LogP contribution >= 0.6 is 0 Å². The van der Waals surface area contributed by atoms with Gasteiger partial charge in [-0.25, -0.2) is 4.98 Å². The summed E-state index contributed by atoms with van der Waals surface area (Å²) in [5.41, 5.74) is 2.73. The number of para-hydroxylation sites is 1. The Balaban J connectivity index is 2.02. The van der Waals surface area contributed by atoms with Gasteiger partial charge in [-0.1, -0.05) is 18.2 Å². The van der Waals surface area contributed by atoms with Crippen molar-refractivity contribution in [2.45, 2.75) is 13.8 Å². The number of amides is 1. The number of benzene rings is 1. The third kappa shape index (κ3) is 2.48. The van der Waals surface area contributed by atoms with Gasteiger partial charge in [-0.15, -0.1) is 0 Å². The number of anilines is 1. The first-order chi connectivity index (χ1) is 10.6. The molecule has 0 aliphatic heterocycles. The number of nitrogens with zero attached hydrogens (tertiary/aromatic N) is 1. The van der Waals surface area contributed by atoms with Crippen LogP contribution in [0.2, 0.25) is 0 Å². The van der Waals surface area contributed by atoms with Gasteiger partial charge in [-0.3, -0.25) is 9.59 Å². The van der Waals surface area contributed by atoms with E-state index in [2.05, 4.69) is 15.3 Å². The molecule has 2 aromatic heterocycles. The van der Waals surface area contributed by atoms with E-state index in [1.54, 1.807) is 24.4 Å². The monoisotopic (exact) mass is 293 g/mol. The first-order valence-corrected chi connectivity index (χ1v) is 6.92. The SMILES string of the molecule is Cc1cccc(C)c1NC(=O)c1cc2cccnc2[nH]c1=O. The molecule has 1 aromatic carbocycles. The molecule has 5 heteroatoms. The summed E-state index contributed by atoms with van der Waals surface area (Å²) < 4.78 is 0. The number of fused-ring (bicyclic) bond motifs is 1. The zero-order chi connectivity index (χ0) is 15.7. The number of hydrogen-bond acceptors (Lipinski definition) is 3. The van der Waals surface area contributed by atoms with Crippen molar-refractivity contribution >= 4 is 22.6 Å². The Bertz CT molecular complexity index is 908. The molecule has 22 heavy (non-hydrogen) atoms. The lowest BCUT2D eigenvalue weighted by molar-refractivity contribution is 0.102. The van der Waals surface area contributed by atoms with E-state index in [9.17, 15) is 9.59 Å². The predicted octanol–water partition coefficient (Wildman–Crippen LogP) is 2.79. The first-order valence-electron chi connectivity index (χ1n) is 6.92. The number of hydrogen-bond donors (Lipinski definition) is 2. The van der Waals surface area contributed by atoms with Gasteiger partial charge in [-0.05, 0) is 43.2 Å². The highest BCUT2D eigenvalue weighted by molar-refractivity contribution is 6.06. The maximum absolute atomic E-state index is 12.4. The maximum atomic E-state index is 12.4. The summed E-state index contributed by atoms with van der Waals surface area (Å²) >= 11 is 0. The van der Waals surface area contributed by atoms with Crippen LogP contribution in [0.3, 0.4) is 0 Å². The van der Waals surface area contributed by atoms with E-state index in [1.807, 2.05) is 32.0 Å². The number of H-pyrrole nitrogens is 1. The highest BCUT2D eigenvalue weighted by Gasteiger charge is 2.14. The number of pyridine rings is 2. The Morgan fingerprint density at radius 2 is 1.86 bits per heavy atom. The minimum atomic E-state index is -0.449. The number of aryl methyl sites for hydroxylation is 2. The predicted molar refractivity (Wildman–Crippen MR) is 86.2 cm³/mol. The Hall–Kier alpha value is -2.95. The van der Waals surface area contributed by atoms with E-state index in [4.69, 9.17) is 0 Å². The fourth-order valence-electron chi connectivity index (χ4n) is 2.40. The molecule has 0 aliphatic carbocycles. The van der Waals surface area contributed by atoms with E-state index in [-0.39, 0.29) is 5.56 Å². The third-order valence-electron chi connectivity index (χ3n) is 3.58. The van der Waals surface area contributed by atoms with Crippen LogP contribution in [0.4, 0.5) is 5.69 Å². The topological polar surface area (TPSA) is 74.8 Å². The zero-order valence-electron chi connectivity index (χ0n) is 12.3. The number of nitrogens with one attached hydrogen (secondary N) is 2. The Morgan fingerprint density at radius 3 is 2.59 bits per heavy atom. The molecule has 1 amide bonds. The van der Waals surface area contributed by atoms with Crippen molar-refractivity contribution in [1.29, 1.82) is 0 Å². The highest BCUT2D eigenvalue weighted by Crippen LogP contribution is 2.20. The highest BCUT2D eigenvalue weighted by atomic mass is 16.2. The summed E-state index contributed by atoms with van der Waals surface area (Å²) in [6.45, 7) is 3.83. The average Bonchev–Trinajstić information content (AvgIpc) is 2.50. The van der Waals surface area contributed by atoms with Gasteiger partial charge in [0.15, 0.2) is 0 Å². The normalized spacial score (nSPS) is 10.6. The Morgan fingerprint density at radius 1 is 1.14 bits per heavy atom. The van der Waals surface area contributed by atoms with Crippen molar-refractivity contribution in [3.63, 3.8) is 0 Å². The van der Waals surface area contributed by atoms with Crippen LogP contribution in [0.25, 0.3) is 11.0 Å². The van der Waals surface area contributed by atoms with E-state index >= 15 is 0 Å².